The van der Waals surface area contributed by atoms with Gasteiger partial charge in [0, 0.05) is 6.42 Å². The van der Waals surface area contributed by atoms with Crippen molar-refractivity contribution in [2.75, 3.05) is 13.1 Å². The number of hydrogen-bond acceptors (Lipinski definition) is 6. The Hall–Kier alpha value is -3.39. The molecule has 0 aliphatic carbocycles. The first-order chi connectivity index (χ1) is 17.9. The van der Waals surface area contributed by atoms with Crippen molar-refractivity contribution >= 4 is 17.9 Å². The first-order valence-electron chi connectivity index (χ1n) is 13.3. The highest BCUT2D eigenvalue weighted by Gasteiger charge is 2.33. The van der Waals surface area contributed by atoms with Crippen LogP contribution in [0.25, 0.3) is 0 Å². The summed E-state index contributed by atoms with van der Waals surface area (Å²) in [4.78, 5) is 41.2. The number of nitrogens with zero attached hydrogens (tertiary/aromatic N) is 1. The molecule has 1 heterocycles. The summed E-state index contributed by atoms with van der Waals surface area (Å²) < 4.78 is 5.38. The van der Waals surface area contributed by atoms with Crippen molar-refractivity contribution in [1.82, 2.24) is 15.5 Å². The Morgan fingerprint density at radius 1 is 1.11 bits per heavy atom. The third kappa shape index (κ3) is 8.58. The van der Waals surface area contributed by atoms with Crippen molar-refractivity contribution < 1.29 is 24.2 Å². The molecule has 38 heavy (non-hydrogen) atoms. The third-order valence-corrected chi connectivity index (χ3v) is 6.76. The number of likely N-dealkylation sites (tertiary alicyclic amines) is 1. The number of rotatable bonds is 9. The van der Waals surface area contributed by atoms with E-state index >= 15 is 0 Å². The molecule has 2 aromatic carbocycles. The number of hydrogen-bond donors (Lipinski definition) is 3. The molecule has 206 valence electrons. The molecule has 0 spiro atoms. The van der Waals surface area contributed by atoms with E-state index < -0.39 is 23.6 Å². The van der Waals surface area contributed by atoms with Crippen LogP contribution in [0.4, 0.5) is 4.79 Å². The number of carbonyl (C=O) groups excluding carboxylic acids is 3. The fraction of sp³-hybridized carbons (Fsp3) is 0.500. The molecular weight excluding hydrogens is 482 g/mol. The van der Waals surface area contributed by atoms with Gasteiger partial charge in [0.2, 0.25) is 11.8 Å². The number of aryl methyl sites for hydroxylation is 3. The maximum atomic E-state index is 13.3. The standard InChI is InChI=1S/C30H41N3O5/c1-20-17-23(34)18-21(2)24(20)19-25(31-29(37)38-30(3,4)5)27(35)32-28(36)26-14-10-16-33(26)15-9-13-22-11-7-6-8-12-22/h6-8,11-12,17-18,25-26,34H,9-10,13-16,19H2,1-5H3,(H,31,37)(H,32,35,36)/t25-,26-/m1/s1. The van der Waals surface area contributed by atoms with Gasteiger partial charge in [-0.1, -0.05) is 30.3 Å². The fourth-order valence-electron chi connectivity index (χ4n) is 4.97. The lowest BCUT2D eigenvalue weighted by molar-refractivity contribution is -0.134. The van der Waals surface area contributed by atoms with Crippen LogP contribution in [0.3, 0.4) is 0 Å². The van der Waals surface area contributed by atoms with Crippen LogP contribution < -0.4 is 10.6 Å². The van der Waals surface area contributed by atoms with Gasteiger partial charge in [0.25, 0.3) is 0 Å². The highest BCUT2D eigenvalue weighted by Crippen LogP contribution is 2.23. The van der Waals surface area contributed by atoms with Gasteiger partial charge in [0.1, 0.15) is 17.4 Å². The molecule has 0 saturated carbocycles. The summed E-state index contributed by atoms with van der Waals surface area (Å²) in [5.74, 6) is -0.792. The van der Waals surface area contributed by atoms with Crippen LogP contribution in [-0.4, -0.2) is 58.7 Å². The summed E-state index contributed by atoms with van der Waals surface area (Å²) in [6, 6.07) is 12.1. The van der Waals surface area contributed by atoms with Gasteiger partial charge in [-0.2, -0.15) is 0 Å². The molecule has 3 amide bonds. The van der Waals surface area contributed by atoms with Crippen LogP contribution in [0.15, 0.2) is 42.5 Å². The van der Waals surface area contributed by atoms with Crippen molar-refractivity contribution in [3.63, 3.8) is 0 Å². The summed E-state index contributed by atoms with van der Waals surface area (Å²) >= 11 is 0. The SMILES string of the molecule is Cc1cc(O)cc(C)c1C[C@@H](NC(=O)OC(C)(C)C)C(=O)NC(=O)[C@H]1CCCN1CCCc1ccccc1. The summed E-state index contributed by atoms with van der Waals surface area (Å²) in [7, 11) is 0. The molecule has 2 atom stereocenters. The monoisotopic (exact) mass is 523 g/mol. The van der Waals surface area contributed by atoms with Gasteiger partial charge >= 0.3 is 6.09 Å². The van der Waals surface area contributed by atoms with Gasteiger partial charge in [-0.3, -0.25) is 19.8 Å². The zero-order valence-electron chi connectivity index (χ0n) is 23.2. The highest BCUT2D eigenvalue weighted by atomic mass is 16.6. The number of imide groups is 1. The molecule has 1 fully saturated rings. The second-order valence-corrected chi connectivity index (χ2v) is 11.1. The minimum absolute atomic E-state index is 0.133. The van der Waals surface area contributed by atoms with Crippen molar-refractivity contribution in [3.8, 4) is 5.75 Å². The Morgan fingerprint density at radius 2 is 1.76 bits per heavy atom. The minimum atomic E-state index is -1.02. The van der Waals surface area contributed by atoms with E-state index in [-0.39, 0.29) is 24.1 Å². The number of benzene rings is 2. The smallest absolute Gasteiger partial charge is 0.408 e. The van der Waals surface area contributed by atoms with E-state index in [9.17, 15) is 19.5 Å². The first-order valence-corrected chi connectivity index (χ1v) is 13.3. The maximum Gasteiger partial charge on any atom is 0.408 e. The summed E-state index contributed by atoms with van der Waals surface area (Å²) in [5.41, 5.74) is 2.92. The van der Waals surface area contributed by atoms with Crippen LogP contribution >= 0.6 is 0 Å². The van der Waals surface area contributed by atoms with E-state index in [1.807, 2.05) is 32.0 Å². The molecule has 8 heteroatoms. The Balaban J connectivity index is 1.67. The molecule has 8 nitrogen and oxygen atoms in total. The van der Waals surface area contributed by atoms with E-state index in [0.717, 1.165) is 49.0 Å². The first kappa shape index (κ1) is 29.2. The average Bonchev–Trinajstić information content (AvgIpc) is 3.28. The molecule has 0 radical (unpaired) electrons. The Labute approximate surface area is 225 Å². The van der Waals surface area contributed by atoms with Crippen molar-refractivity contribution in [3.05, 3.63) is 64.7 Å². The summed E-state index contributed by atoms with van der Waals surface area (Å²) in [6.45, 7) is 10.5. The molecule has 0 unspecified atom stereocenters. The Kier molecular flexibility index (Phi) is 9.91. The lowest BCUT2D eigenvalue weighted by Gasteiger charge is -2.26. The van der Waals surface area contributed by atoms with Gasteiger partial charge < -0.3 is 15.2 Å². The number of ether oxygens (including phenoxy) is 1. The molecular formula is C30H41N3O5. The Bertz CT molecular complexity index is 1100. The summed E-state index contributed by atoms with van der Waals surface area (Å²) in [5, 5.41) is 15.1. The van der Waals surface area contributed by atoms with Crippen LogP contribution in [0.1, 0.15) is 62.3 Å². The van der Waals surface area contributed by atoms with E-state index in [0.29, 0.717) is 6.42 Å². The second kappa shape index (κ2) is 12.9. The number of carbonyl (C=O) groups is 3. The van der Waals surface area contributed by atoms with Gasteiger partial charge in [-0.05, 0) is 108 Å². The maximum absolute atomic E-state index is 13.3. The molecule has 0 aromatic heterocycles. The van der Waals surface area contributed by atoms with Gasteiger partial charge in [0.15, 0.2) is 0 Å². The zero-order valence-corrected chi connectivity index (χ0v) is 23.2. The predicted molar refractivity (Wildman–Crippen MR) is 147 cm³/mol. The Morgan fingerprint density at radius 3 is 2.39 bits per heavy atom. The number of phenolic OH excluding ortho intramolecular Hbond substituents is 1. The van der Waals surface area contributed by atoms with E-state index in [1.54, 1.807) is 32.9 Å². The molecule has 1 aliphatic rings. The predicted octanol–water partition coefficient (Wildman–Crippen LogP) is 4.18. The largest absolute Gasteiger partial charge is 0.508 e. The molecule has 3 N–H and O–H groups in total. The van der Waals surface area contributed by atoms with Crippen molar-refractivity contribution in [2.24, 2.45) is 0 Å². The van der Waals surface area contributed by atoms with Gasteiger partial charge in [0.05, 0.1) is 6.04 Å². The second-order valence-electron chi connectivity index (χ2n) is 11.1. The molecule has 1 aliphatic heterocycles. The quantitative estimate of drug-likeness (QED) is 0.455. The molecule has 2 aromatic rings. The van der Waals surface area contributed by atoms with Gasteiger partial charge in [-0.15, -0.1) is 0 Å². The lowest BCUT2D eigenvalue weighted by atomic mass is 9.95. The topological polar surface area (TPSA) is 108 Å². The van der Waals surface area contributed by atoms with Crippen LogP contribution in [-0.2, 0) is 27.2 Å². The van der Waals surface area contributed by atoms with Crippen LogP contribution in [0.2, 0.25) is 0 Å². The van der Waals surface area contributed by atoms with Crippen molar-refractivity contribution in [1.29, 1.82) is 0 Å². The van der Waals surface area contributed by atoms with Crippen LogP contribution in [0, 0.1) is 13.8 Å². The highest BCUT2D eigenvalue weighted by molar-refractivity contribution is 6.01. The minimum Gasteiger partial charge on any atom is -0.508 e. The molecule has 0 bridgehead atoms. The third-order valence-electron chi connectivity index (χ3n) is 6.76. The van der Waals surface area contributed by atoms with E-state index in [1.165, 1.54) is 5.56 Å². The van der Waals surface area contributed by atoms with Gasteiger partial charge in [-0.25, -0.2) is 4.79 Å². The number of amides is 3. The van der Waals surface area contributed by atoms with Crippen LogP contribution in [0.5, 0.6) is 5.75 Å². The van der Waals surface area contributed by atoms with Crippen molar-refractivity contribution in [2.45, 2.75) is 84.4 Å². The summed E-state index contributed by atoms with van der Waals surface area (Å²) in [6.07, 6.45) is 2.85. The van der Waals surface area contributed by atoms with E-state index in [2.05, 4.69) is 27.7 Å². The molecule has 3 rings (SSSR count). The zero-order chi connectivity index (χ0) is 27.9. The molecule has 1 saturated heterocycles. The lowest BCUT2D eigenvalue weighted by Crippen LogP contribution is -2.54. The van der Waals surface area contributed by atoms with E-state index in [4.69, 9.17) is 4.74 Å². The number of aromatic hydroxyl groups is 1. The average molecular weight is 524 g/mol. The normalized spacial score (nSPS) is 16.6. The number of phenols is 1. The number of nitrogens with one attached hydrogen (secondary N) is 2. The number of alkyl carbamates (subject to hydrolysis) is 1. The fourth-order valence-corrected chi connectivity index (χ4v) is 4.97.